The number of hydrogen-bond acceptors (Lipinski definition) is 3. The van der Waals surface area contributed by atoms with Crippen LogP contribution < -0.4 is 0 Å². The van der Waals surface area contributed by atoms with Crippen molar-refractivity contribution in [2.24, 2.45) is 0 Å². The van der Waals surface area contributed by atoms with Crippen molar-refractivity contribution in [2.75, 3.05) is 12.0 Å². The van der Waals surface area contributed by atoms with Crippen LogP contribution in [-0.2, 0) is 4.79 Å². The second-order valence-electron chi connectivity index (χ2n) is 2.63. The Morgan fingerprint density at radius 2 is 2.23 bits per heavy atom. The summed E-state index contributed by atoms with van der Waals surface area (Å²) in [6, 6.07) is 3.49. The van der Waals surface area contributed by atoms with Gasteiger partial charge in [-0.05, 0) is 24.0 Å². The maximum Gasteiger partial charge on any atom is 0.311 e. The molecule has 70 valence electrons. The van der Waals surface area contributed by atoms with E-state index in [9.17, 15) is 4.79 Å². The molecule has 0 aliphatic heterocycles. The summed E-state index contributed by atoms with van der Waals surface area (Å²) in [6.45, 7) is 0. The molecule has 0 radical (unpaired) electrons. The van der Waals surface area contributed by atoms with E-state index in [0.717, 1.165) is 5.56 Å². The summed E-state index contributed by atoms with van der Waals surface area (Å²) in [6.07, 6.45) is 5.13. The molecule has 0 fully saturated rings. The molecule has 0 bridgehead atoms. The fourth-order valence-electron chi connectivity index (χ4n) is 1.07. The van der Waals surface area contributed by atoms with Gasteiger partial charge in [-0.25, -0.2) is 0 Å². The molecule has 0 saturated carbocycles. The monoisotopic (exact) mass is 197 g/mol. The average molecular weight is 197 g/mol. The van der Waals surface area contributed by atoms with Crippen LogP contribution in [0.5, 0.6) is 0 Å². The Labute approximate surface area is 81.2 Å². The van der Waals surface area contributed by atoms with Crippen molar-refractivity contribution in [3.05, 3.63) is 30.1 Å². The Kier molecular flexibility index (Phi) is 3.76. The van der Waals surface area contributed by atoms with Gasteiger partial charge in [0.15, 0.2) is 0 Å². The SMILES string of the molecule is CSCC(C(=O)O)c1ccncc1. The Morgan fingerprint density at radius 1 is 1.62 bits per heavy atom. The lowest BCUT2D eigenvalue weighted by molar-refractivity contribution is -0.138. The minimum absolute atomic E-state index is 0.419. The van der Waals surface area contributed by atoms with Gasteiger partial charge in [0, 0.05) is 18.1 Å². The Hall–Kier alpha value is -1.03. The smallest absolute Gasteiger partial charge is 0.311 e. The van der Waals surface area contributed by atoms with Gasteiger partial charge < -0.3 is 5.11 Å². The first kappa shape index (κ1) is 10.1. The van der Waals surface area contributed by atoms with E-state index in [2.05, 4.69) is 4.98 Å². The summed E-state index contributed by atoms with van der Waals surface area (Å²) in [5, 5.41) is 8.92. The number of pyridine rings is 1. The predicted molar refractivity (Wildman–Crippen MR) is 53.0 cm³/mol. The van der Waals surface area contributed by atoms with Crippen molar-refractivity contribution in [2.45, 2.75) is 5.92 Å². The number of carboxylic acid groups (broad SMARTS) is 1. The van der Waals surface area contributed by atoms with Crippen LogP contribution in [0, 0.1) is 0 Å². The minimum atomic E-state index is -0.777. The van der Waals surface area contributed by atoms with Gasteiger partial charge in [0.25, 0.3) is 0 Å². The number of carbonyl (C=O) groups is 1. The summed E-state index contributed by atoms with van der Waals surface area (Å²) in [7, 11) is 0. The van der Waals surface area contributed by atoms with Gasteiger partial charge in [0.1, 0.15) is 0 Å². The van der Waals surface area contributed by atoms with Gasteiger partial charge in [0.05, 0.1) is 5.92 Å². The van der Waals surface area contributed by atoms with E-state index in [-0.39, 0.29) is 0 Å². The van der Waals surface area contributed by atoms with Gasteiger partial charge in [-0.1, -0.05) is 0 Å². The molecule has 1 aromatic rings. The molecule has 0 aliphatic rings. The van der Waals surface area contributed by atoms with Crippen LogP contribution in [0.25, 0.3) is 0 Å². The molecule has 4 heteroatoms. The maximum absolute atomic E-state index is 10.9. The third-order valence-corrected chi connectivity index (χ3v) is 2.41. The molecule has 1 aromatic heterocycles. The Bertz CT molecular complexity index is 276. The molecule has 0 aliphatic carbocycles. The van der Waals surface area contributed by atoms with Crippen molar-refractivity contribution in [1.82, 2.24) is 4.98 Å². The van der Waals surface area contributed by atoms with E-state index in [1.807, 2.05) is 6.26 Å². The summed E-state index contributed by atoms with van der Waals surface area (Å²) in [4.78, 5) is 14.7. The van der Waals surface area contributed by atoms with E-state index in [0.29, 0.717) is 5.75 Å². The topological polar surface area (TPSA) is 50.2 Å². The largest absolute Gasteiger partial charge is 0.481 e. The maximum atomic E-state index is 10.9. The van der Waals surface area contributed by atoms with E-state index in [1.165, 1.54) is 11.8 Å². The standard InChI is InChI=1S/C9H11NO2S/c1-13-6-8(9(11)12)7-2-4-10-5-3-7/h2-5,8H,6H2,1H3,(H,11,12). The first-order chi connectivity index (χ1) is 6.25. The van der Waals surface area contributed by atoms with E-state index in [4.69, 9.17) is 5.11 Å². The fourth-order valence-corrected chi connectivity index (χ4v) is 1.74. The summed E-state index contributed by atoms with van der Waals surface area (Å²) in [5.41, 5.74) is 0.817. The van der Waals surface area contributed by atoms with Crippen LogP contribution in [0.4, 0.5) is 0 Å². The van der Waals surface area contributed by atoms with Gasteiger partial charge in [-0.2, -0.15) is 11.8 Å². The Balaban J connectivity index is 2.82. The van der Waals surface area contributed by atoms with Crippen LogP contribution in [-0.4, -0.2) is 28.1 Å². The zero-order valence-corrected chi connectivity index (χ0v) is 8.12. The van der Waals surface area contributed by atoms with Crippen LogP contribution in [0.3, 0.4) is 0 Å². The highest BCUT2D eigenvalue weighted by molar-refractivity contribution is 7.98. The highest BCUT2D eigenvalue weighted by Crippen LogP contribution is 2.18. The molecule has 1 heterocycles. The normalized spacial score (nSPS) is 12.4. The third-order valence-electron chi connectivity index (χ3n) is 1.74. The molecular formula is C9H11NO2S. The van der Waals surface area contributed by atoms with Crippen LogP contribution >= 0.6 is 11.8 Å². The van der Waals surface area contributed by atoms with Crippen LogP contribution in [0.1, 0.15) is 11.5 Å². The van der Waals surface area contributed by atoms with Crippen LogP contribution in [0.2, 0.25) is 0 Å². The lowest BCUT2D eigenvalue weighted by Gasteiger charge is -2.09. The molecule has 0 spiro atoms. The van der Waals surface area contributed by atoms with Crippen molar-refractivity contribution in [3.8, 4) is 0 Å². The van der Waals surface area contributed by atoms with Crippen molar-refractivity contribution in [3.63, 3.8) is 0 Å². The third kappa shape index (κ3) is 2.73. The fraction of sp³-hybridized carbons (Fsp3) is 0.333. The zero-order valence-electron chi connectivity index (χ0n) is 7.30. The number of carboxylic acids is 1. The average Bonchev–Trinajstić information content (AvgIpc) is 2.15. The Morgan fingerprint density at radius 3 is 2.69 bits per heavy atom. The first-order valence-corrected chi connectivity index (χ1v) is 5.26. The zero-order chi connectivity index (χ0) is 9.68. The highest BCUT2D eigenvalue weighted by atomic mass is 32.2. The molecule has 1 atom stereocenters. The number of aliphatic carboxylic acids is 1. The second kappa shape index (κ2) is 4.87. The highest BCUT2D eigenvalue weighted by Gasteiger charge is 2.18. The van der Waals surface area contributed by atoms with E-state index >= 15 is 0 Å². The summed E-state index contributed by atoms with van der Waals surface area (Å²) < 4.78 is 0. The first-order valence-electron chi connectivity index (χ1n) is 3.87. The second-order valence-corrected chi connectivity index (χ2v) is 3.54. The molecule has 1 rings (SSSR count). The van der Waals surface area contributed by atoms with Crippen molar-refractivity contribution >= 4 is 17.7 Å². The minimum Gasteiger partial charge on any atom is -0.481 e. The molecule has 0 amide bonds. The molecule has 3 nitrogen and oxygen atoms in total. The number of rotatable bonds is 4. The van der Waals surface area contributed by atoms with Crippen LogP contribution in [0.15, 0.2) is 24.5 Å². The lowest BCUT2D eigenvalue weighted by atomic mass is 10.0. The molecular weight excluding hydrogens is 186 g/mol. The van der Waals surface area contributed by atoms with Gasteiger partial charge in [0.2, 0.25) is 0 Å². The summed E-state index contributed by atoms with van der Waals surface area (Å²) in [5.74, 6) is -0.599. The van der Waals surface area contributed by atoms with Crippen molar-refractivity contribution in [1.29, 1.82) is 0 Å². The van der Waals surface area contributed by atoms with Gasteiger partial charge >= 0.3 is 5.97 Å². The van der Waals surface area contributed by atoms with Gasteiger partial charge in [-0.15, -0.1) is 0 Å². The summed E-state index contributed by atoms with van der Waals surface area (Å²) >= 11 is 1.53. The molecule has 0 saturated heterocycles. The number of nitrogens with zero attached hydrogens (tertiary/aromatic N) is 1. The quantitative estimate of drug-likeness (QED) is 0.796. The molecule has 1 unspecified atom stereocenters. The molecule has 0 aromatic carbocycles. The molecule has 13 heavy (non-hydrogen) atoms. The van der Waals surface area contributed by atoms with E-state index < -0.39 is 11.9 Å². The number of aromatic nitrogens is 1. The lowest BCUT2D eigenvalue weighted by Crippen LogP contribution is -2.13. The predicted octanol–water partition coefficient (Wildman–Crippen LogP) is 1.61. The van der Waals surface area contributed by atoms with Crippen molar-refractivity contribution < 1.29 is 9.90 Å². The number of hydrogen-bond donors (Lipinski definition) is 1. The molecule has 1 N–H and O–H groups in total. The van der Waals surface area contributed by atoms with E-state index in [1.54, 1.807) is 24.5 Å². The number of thioether (sulfide) groups is 1. The van der Waals surface area contributed by atoms with Gasteiger partial charge in [-0.3, -0.25) is 9.78 Å².